The van der Waals surface area contributed by atoms with Crippen molar-refractivity contribution in [2.45, 2.75) is 13.5 Å². The smallest absolute Gasteiger partial charge is 0.234 e. The van der Waals surface area contributed by atoms with Gasteiger partial charge in [-0.25, -0.2) is 0 Å². The van der Waals surface area contributed by atoms with Crippen LogP contribution in [-0.4, -0.2) is 45.8 Å². The Kier molecular flexibility index (Phi) is 5.40. The maximum atomic E-state index is 11.8. The molecule has 1 aliphatic heterocycles. The van der Waals surface area contributed by atoms with E-state index in [1.165, 1.54) is 11.5 Å². The molecule has 0 saturated carbocycles. The van der Waals surface area contributed by atoms with Crippen LogP contribution in [0.4, 0.5) is 0 Å². The molecule has 0 bridgehead atoms. The van der Waals surface area contributed by atoms with Crippen molar-refractivity contribution in [1.82, 2.24) is 15.4 Å². The van der Waals surface area contributed by atoms with Gasteiger partial charge in [-0.15, -0.1) is 23.5 Å². The van der Waals surface area contributed by atoms with Crippen molar-refractivity contribution in [3.63, 3.8) is 0 Å². The highest BCUT2D eigenvalue weighted by atomic mass is 32.2. The molecule has 0 radical (unpaired) electrons. The molecule has 1 N–H and O–H groups in total. The summed E-state index contributed by atoms with van der Waals surface area (Å²) in [5.41, 5.74) is 0.764. The topological polar surface area (TPSA) is 58.4 Å². The summed E-state index contributed by atoms with van der Waals surface area (Å²) in [6, 6.07) is 1.83. The second-order valence-electron chi connectivity index (χ2n) is 4.11. The molecule has 2 rings (SSSR count). The number of nitrogens with zero attached hydrogens (tertiary/aromatic N) is 2. The number of amides is 1. The molecule has 100 valence electrons. The van der Waals surface area contributed by atoms with Gasteiger partial charge in [0.15, 0.2) is 0 Å². The summed E-state index contributed by atoms with van der Waals surface area (Å²) in [7, 11) is 0. The van der Waals surface area contributed by atoms with Crippen molar-refractivity contribution >= 4 is 29.4 Å². The molecule has 0 spiro atoms. The van der Waals surface area contributed by atoms with Crippen LogP contribution in [-0.2, 0) is 11.3 Å². The van der Waals surface area contributed by atoms with E-state index in [4.69, 9.17) is 4.52 Å². The fraction of sp³-hybridized carbons (Fsp3) is 0.636. The van der Waals surface area contributed by atoms with E-state index in [-0.39, 0.29) is 5.91 Å². The summed E-state index contributed by atoms with van der Waals surface area (Å²) in [5, 5.41) is 6.70. The lowest BCUT2D eigenvalue weighted by Gasteiger charge is -2.17. The van der Waals surface area contributed by atoms with E-state index in [1.807, 2.05) is 36.5 Å². The van der Waals surface area contributed by atoms with E-state index in [0.29, 0.717) is 13.1 Å². The first-order valence-corrected chi connectivity index (χ1v) is 8.12. The van der Waals surface area contributed by atoms with Gasteiger partial charge in [0, 0.05) is 29.3 Å². The molecule has 1 amide bonds. The fourth-order valence-corrected chi connectivity index (χ4v) is 3.78. The standard InChI is InChI=1S/C11H17N3O2S2/c1-9-4-10(13-16-9)5-12-11(15)6-14-7-17-2-3-18-8-14/h4H,2-3,5-8H2,1H3,(H,12,15). The molecule has 1 fully saturated rings. The monoisotopic (exact) mass is 287 g/mol. The highest BCUT2D eigenvalue weighted by Crippen LogP contribution is 2.16. The van der Waals surface area contributed by atoms with Crippen LogP contribution in [0.3, 0.4) is 0 Å². The quantitative estimate of drug-likeness (QED) is 0.901. The third-order valence-corrected chi connectivity index (χ3v) is 4.77. The average Bonchev–Trinajstić information content (AvgIpc) is 2.60. The van der Waals surface area contributed by atoms with Gasteiger partial charge in [-0.3, -0.25) is 9.69 Å². The Morgan fingerprint density at radius 3 is 2.83 bits per heavy atom. The van der Waals surface area contributed by atoms with Gasteiger partial charge >= 0.3 is 0 Å². The van der Waals surface area contributed by atoms with Crippen LogP contribution in [0.25, 0.3) is 0 Å². The molecule has 2 heterocycles. The molecule has 18 heavy (non-hydrogen) atoms. The van der Waals surface area contributed by atoms with Crippen LogP contribution in [0.5, 0.6) is 0 Å². The Bertz CT molecular complexity index is 389. The van der Waals surface area contributed by atoms with E-state index in [1.54, 1.807) is 0 Å². The van der Waals surface area contributed by atoms with Crippen LogP contribution in [0.2, 0.25) is 0 Å². The van der Waals surface area contributed by atoms with E-state index in [2.05, 4.69) is 15.4 Å². The van der Waals surface area contributed by atoms with Crippen LogP contribution in [0.1, 0.15) is 11.5 Å². The van der Waals surface area contributed by atoms with Crippen molar-refractivity contribution in [3.8, 4) is 0 Å². The Hall–Kier alpha value is -0.660. The molecule has 5 nitrogen and oxygen atoms in total. The van der Waals surface area contributed by atoms with E-state index < -0.39 is 0 Å². The zero-order valence-corrected chi connectivity index (χ0v) is 12.0. The van der Waals surface area contributed by atoms with Gasteiger partial charge in [-0.2, -0.15) is 0 Å². The van der Waals surface area contributed by atoms with Gasteiger partial charge in [-0.05, 0) is 6.92 Å². The van der Waals surface area contributed by atoms with E-state index in [0.717, 1.165) is 23.2 Å². The fourth-order valence-electron chi connectivity index (χ4n) is 1.58. The summed E-state index contributed by atoms with van der Waals surface area (Å²) < 4.78 is 4.94. The predicted octanol–water partition coefficient (Wildman–Crippen LogP) is 1.30. The second kappa shape index (κ2) is 7.06. The maximum absolute atomic E-state index is 11.8. The van der Waals surface area contributed by atoms with Gasteiger partial charge in [0.05, 0.1) is 13.1 Å². The van der Waals surface area contributed by atoms with Gasteiger partial charge in [0.1, 0.15) is 11.5 Å². The Morgan fingerprint density at radius 1 is 1.50 bits per heavy atom. The molecular weight excluding hydrogens is 270 g/mol. The first kappa shape index (κ1) is 13.8. The summed E-state index contributed by atoms with van der Waals surface area (Å²) in [4.78, 5) is 13.9. The summed E-state index contributed by atoms with van der Waals surface area (Å²) >= 11 is 3.76. The number of thioether (sulfide) groups is 2. The minimum absolute atomic E-state index is 0.0405. The molecule has 0 aliphatic carbocycles. The summed E-state index contributed by atoms with van der Waals surface area (Å²) in [5.74, 6) is 5.01. The zero-order valence-electron chi connectivity index (χ0n) is 10.3. The van der Waals surface area contributed by atoms with Crippen molar-refractivity contribution in [1.29, 1.82) is 0 Å². The molecule has 1 saturated heterocycles. The third-order valence-electron chi connectivity index (χ3n) is 2.43. The number of nitrogens with one attached hydrogen (secondary N) is 1. The Labute approximate surface area is 115 Å². The molecule has 1 aromatic rings. The molecule has 0 atom stereocenters. The van der Waals surface area contributed by atoms with Crippen molar-refractivity contribution < 1.29 is 9.32 Å². The van der Waals surface area contributed by atoms with Gasteiger partial charge in [0.2, 0.25) is 5.91 Å². The highest BCUT2D eigenvalue weighted by molar-refractivity contribution is 8.03. The summed E-state index contributed by atoms with van der Waals surface area (Å²) in [6.07, 6.45) is 0. The first-order valence-electron chi connectivity index (χ1n) is 5.81. The lowest BCUT2D eigenvalue weighted by molar-refractivity contribution is -0.122. The lowest BCUT2D eigenvalue weighted by atomic mass is 10.4. The summed E-state index contributed by atoms with van der Waals surface area (Å²) in [6.45, 7) is 2.73. The Balaban J connectivity index is 1.71. The van der Waals surface area contributed by atoms with Crippen LogP contribution >= 0.6 is 23.5 Å². The van der Waals surface area contributed by atoms with Crippen molar-refractivity contribution in [3.05, 3.63) is 17.5 Å². The van der Waals surface area contributed by atoms with Crippen LogP contribution in [0.15, 0.2) is 10.6 Å². The second-order valence-corrected chi connectivity index (χ2v) is 6.26. The molecule has 0 unspecified atom stereocenters. The molecule has 0 aromatic carbocycles. The highest BCUT2D eigenvalue weighted by Gasteiger charge is 2.13. The third kappa shape index (κ3) is 4.55. The minimum Gasteiger partial charge on any atom is -0.361 e. The van der Waals surface area contributed by atoms with Gasteiger partial charge in [-0.1, -0.05) is 5.16 Å². The molecule has 1 aromatic heterocycles. The SMILES string of the molecule is Cc1cc(CNC(=O)CN2CSCCSC2)no1. The average molecular weight is 287 g/mol. The zero-order chi connectivity index (χ0) is 12.8. The normalized spacial score (nSPS) is 17.4. The first-order chi connectivity index (χ1) is 8.74. The van der Waals surface area contributed by atoms with Crippen LogP contribution in [0, 0.1) is 6.92 Å². The number of hydrogen-bond acceptors (Lipinski definition) is 6. The van der Waals surface area contributed by atoms with Crippen molar-refractivity contribution in [2.75, 3.05) is 29.8 Å². The molecular formula is C11H17N3O2S2. The molecule has 7 heteroatoms. The van der Waals surface area contributed by atoms with Gasteiger partial charge < -0.3 is 9.84 Å². The van der Waals surface area contributed by atoms with E-state index in [9.17, 15) is 4.79 Å². The van der Waals surface area contributed by atoms with E-state index >= 15 is 0 Å². The number of aromatic nitrogens is 1. The Morgan fingerprint density at radius 2 is 2.22 bits per heavy atom. The van der Waals surface area contributed by atoms with Gasteiger partial charge in [0.25, 0.3) is 0 Å². The lowest BCUT2D eigenvalue weighted by Crippen LogP contribution is -2.36. The number of aryl methyl sites for hydroxylation is 1. The van der Waals surface area contributed by atoms with Crippen molar-refractivity contribution in [2.24, 2.45) is 0 Å². The van der Waals surface area contributed by atoms with Crippen LogP contribution < -0.4 is 5.32 Å². The number of carbonyl (C=O) groups is 1. The molecule has 1 aliphatic rings. The number of hydrogen-bond donors (Lipinski definition) is 1. The predicted molar refractivity (Wildman–Crippen MR) is 74.4 cm³/mol. The number of rotatable bonds is 4. The largest absolute Gasteiger partial charge is 0.361 e. The number of carbonyl (C=O) groups excluding carboxylic acids is 1. The minimum atomic E-state index is 0.0405. The maximum Gasteiger partial charge on any atom is 0.234 e.